The Balaban J connectivity index is 3.20. The van der Waals surface area contributed by atoms with Gasteiger partial charge in [0, 0.05) is 18.0 Å². The molecule has 0 aliphatic carbocycles. The van der Waals surface area contributed by atoms with Gasteiger partial charge in [0.15, 0.2) is 0 Å². The first kappa shape index (κ1) is 11.3. The quantitative estimate of drug-likeness (QED) is 0.250. The summed E-state index contributed by atoms with van der Waals surface area (Å²) < 4.78 is 0. The van der Waals surface area contributed by atoms with Crippen LogP contribution in [0.15, 0.2) is 5.11 Å². The summed E-state index contributed by atoms with van der Waals surface area (Å²) in [5.74, 6) is 0. The van der Waals surface area contributed by atoms with E-state index in [0.29, 0.717) is 6.54 Å². The summed E-state index contributed by atoms with van der Waals surface area (Å²) in [5, 5.41) is 3.48. The molecule has 0 fully saturated rings. The first-order chi connectivity index (χ1) is 5.81. The number of unbranched alkanes of at least 4 members (excludes halogenated alkanes) is 2. The molecule has 0 heterocycles. The molecular weight excluding hydrogens is 152 g/mol. The third-order valence-electron chi connectivity index (χ3n) is 1.79. The highest BCUT2D eigenvalue weighted by molar-refractivity contribution is 4.54. The summed E-state index contributed by atoms with van der Waals surface area (Å²) in [5.41, 5.74) is 8.03. The van der Waals surface area contributed by atoms with Crippen LogP contribution in [0.5, 0.6) is 0 Å². The second-order valence-electron chi connectivity index (χ2n) is 2.96. The van der Waals surface area contributed by atoms with Gasteiger partial charge in [-0.3, -0.25) is 0 Å². The molecule has 4 heteroatoms. The van der Waals surface area contributed by atoms with Crippen LogP contribution >= 0.6 is 0 Å². The number of rotatable bonds is 7. The van der Waals surface area contributed by atoms with E-state index < -0.39 is 0 Å². The Morgan fingerprint density at radius 1 is 1.33 bits per heavy atom. The zero-order valence-corrected chi connectivity index (χ0v) is 8.03. The molecule has 0 unspecified atom stereocenters. The van der Waals surface area contributed by atoms with Gasteiger partial charge < -0.3 is 4.90 Å². The van der Waals surface area contributed by atoms with Crippen LogP contribution in [-0.2, 0) is 0 Å². The second-order valence-corrected chi connectivity index (χ2v) is 2.96. The van der Waals surface area contributed by atoms with Crippen LogP contribution in [-0.4, -0.2) is 31.6 Å². The summed E-state index contributed by atoms with van der Waals surface area (Å²) in [6.45, 7) is 4.75. The maximum absolute atomic E-state index is 8.03. The van der Waals surface area contributed by atoms with Gasteiger partial charge in [0.1, 0.15) is 0 Å². The van der Waals surface area contributed by atoms with Crippen molar-refractivity contribution in [2.24, 2.45) is 5.11 Å². The van der Waals surface area contributed by atoms with Crippen molar-refractivity contribution in [1.82, 2.24) is 4.90 Å². The van der Waals surface area contributed by atoms with Gasteiger partial charge in [-0.2, -0.15) is 0 Å². The van der Waals surface area contributed by atoms with Crippen LogP contribution in [0.4, 0.5) is 0 Å². The highest BCUT2D eigenvalue weighted by Gasteiger charge is 1.95. The number of nitrogens with zero attached hydrogens (tertiary/aromatic N) is 4. The lowest BCUT2D eigenvalue weighted by Crippen LogP contribution is -2.22. The summed E-state index contributed by atoms with van der Waals surface area (Å²) in [7, 11) is 2.06. The van der Waals surface area contributed by atoms with Crippen molar-refractivity contribution in [3.8, 4) is 0 Å². The zero-order chi connectivity index (χ0) is 9.23. The molecule has 0 rings (SSSR count). The second kappa shape index (κ2) is 8.37. The molecule has 0 aromatic heterocycles. The monoisotopic (exact) mass is 170 g/mol. The summed E-state index contributed by atoms with van der Waals surface area (Å²) >= 11 is 0. The fourth-order valence-corrected chi connectivity index (χ4v) is 1.00. The number of hydrogen-bond acceptors (Lipinski definition) is 2. The number of azide groups is 1. The smallest absolute Gasteiger partial charge is 0.0385 e. The molecule has 0 N–H and O–H groups in total. The van der Waals surface area contributed by atoms with Crippen molar-refractivity contribution in [2.45, 2.75) is 26.2 Å². The molecule has 0 radical (unpaired) electrons. The summed E-state index contributed by atoms with van der Waals surface area (Å²) in [4.78, 5) is 4.90. The molecule has 0 bridgehead atoms. The van der Waals surface area contributed by atoms with Gasteiger partial charge in [-0.15, -0.1) is 0 Å². The maximum Gasteiger partial charge on any atom is 0.0385 e. The molecule has 12 heavy (non-hydrogen) atoms. The fraction of sp³-hybridized carbons (Fsp3) is 1.00. The van der Waals surface area contributed by atoms with E-state index in [0.717, 1.165) is 13.1 Å². The summed E-state index contributed by atoms with van der Waals surface area (Å²) in [6.07, 6.45) is 3.78. The predicted molar refractivity (Wildman–Crippen MR) is 51.0 cm³/mol. The van der Waals surface area contributed by atoms with Gasteiger partial charge in [-0.05, 0) is 25.5 Å². The SMILES string of the molecule is CCCCCN(C)CCN=[N+]=[N-]. The van der Waals surface area contributed by atoms with Crippen LogP contribution in [0.3, 0.4) is 0 Å². The first-order valence-electron chi connectivity index (χ1n) is 4.50. The highest BCUT2D eigenvalue weighted by Crippen LogP contribution is 1.95. The van der Waals surface area contributed by atoms with Gasteiger partial charge in [0.05, 0.1) is 0 Å². The average molecular weight is 170 g/mol. The third kappa shape index (κ3) is 7.38. The van der Waals surface area contributed by atoms with Crippen molar-refractivity contribution in [1.29, 1.82) is 0 Å². The van der Waals surface area contributed by atoms with E-state index in [1.54, 1.807) is 0 Å². The van der Waals surface area contributed by atoms with Gasteiger partial charge in [-0.25, -0.2) is 0 Å². The molecule has 70 valence electrons. The zero-order valence-electron chi connectivity index (χ0n) is 8.03. The van der Waals surface area contributed by atoms with E-state index in [-0.39, 0.29) is 0 Å². The Bertz CT molecular complexity index is 140. The predicted octanol–water partition coefficient (Wildman–Crippen LogP) is 2.42. The van der Waals surface area contributed by atoms with Gasteiger partial charge in [0.25, 0.3) is 0 Å². The van der Waals surface area contributed by atoms with Crippen LogP contribution in [0.25, 0.3) is 10.4 Å². The molecule has 0 aromatic rings. The average Bonchev–Trinajstić information content (AvgIpc) is 2.06. The fourth-order valence-electron chi connectivity index (χ4n) is 1.00. The van der Waals surface area contributed by atoms with Crippen molar-refractivity contribution < 1.29 is 0 Å². The molecular formula is C8H18N4. The van der Waals surface area contributed by atoms with E-state index in [1.807, 2.05) is 0 Å². The summed E-state index contributed by atoms with van der Waals surface area (Å²) in [6, 6.07) is 0. The Hall–Kier alpha value is -0.730. The van der Waals surface area contributed by atoms with Crippen LogP contribution in [0.2, 0.25) is 0 Å². The van der Waals surface area contributed by atoms with Gasteiger partial charge >= 0.3 is 0 Å². The van der Waals surface area contributed by atoms with Crippen molar-refractivity contribution >= 4 is 0 Å². The third-order valence-corrected chi connectivity index (χ3v) is 1.79. The Morgan fingerprint density at radius 2 is 2.08 bits per heavy atom. The topological polar surface area (TPSA) is 52.0 Å². The Labute approximate surface area is 74.2 Å². The van der Waals surface area contributed by atoms with E-state index >= 15 is 0 Å². The van der Waals surface area contributed by atoms with Crippen molar-refractivity contribution in [2.75, 3.05) is 26.7 Å². The molecule has 4 nitrogen and oxygen atoms in total. The molecule has 0 amide bonds. The lowest BCUT2D eigenvalue weighted by molar-refractivity contribution is 0.334. The van der Waals surface area contributed by atoms with E-state index in [9.17, 15) is 0 Å². The van der Waals surface area contributed by atoms with Crippen molar-refractivity contribution in [3.05, 3.63) is 10.4 Å². The molecule has 0 aliphatic rings. The standard InChI is InChI=1S/C8H18N4/c1-3-4-5-7-12(2)8-6-10-11-9/h3-8H2,1-2H3. The first-order valence-corrected chi connectivity index (χ1v) is 4.50. The van der Waals surface area contributed by atoms with Crippen molar-refractivity contribution in [3.63, 3.8) is 0 Å². The lowest BCUT2D eigenvalue weighted by Gasteiger charge is -2.14. The Kier molecular flexibility index (Phi) is 7.86. The highest BCUT2D eigenvalue weighted by atomic mass is 15.2. The minimum absolute atomic E-state index is 0.582. The molecule has 0 aliphatic heterocycles. The number of likely N-dealkylation sites (N-methyl/N-ethyl adjacent to an activating group) is 1. The molecule has 0 saturated heterocycles. The Morgan fingerprint density at radius 3 is 2.67 bits per heavy atom. The molecule has 0 atom stereocenters. The maximum atomic E-state index is 8.03. The largest absolute Gasteiger partial charge is 0.306 e. The van der Waals surface area contributed by atoms with Crippen LogP contribution in [0, 0.1) is 0 Å². The molecule has 0 aromatic carbocycles. The lowest BCUT2D eigenvalue weighted by atomic mass is 10.2. The van der Waals surface area contributed by atoms with Gasteiger partial charge in [0.2, 0.25) is 0 Å². The normalized spacial score (nSPS) is 9.92. The minimum Gasteiger partial charge on any atom is -0.306 e. The van der Waals surface area contributed by atoms with E-state index in [2.05, 4.69) is 28.9 Å². The van der Waals surface area contributed by atoms with E-state index in [4.69, 9.17) is 5.53 Å². The van der Waals surface area contributed by atoms with Gasteiger partial charge in [-0.1, -0.05) is 24.9 Å². The van der Waals surface area contributed by atoms with E-state index in [1.165, 1.54) is 19.3 Å². The molecule has 0 spiro atoms. The number of hydrogen-bond donors (Lipinski definition) is 0. The van der Waals surface area contributed by atoms with Crippen LogP contribution < -0.4 is 0 Å². The van der Waals surface area contributed by atoms with Crippen LogP contribution in [0.1, 0.15) is 26.2 Å². The minimum atomic E-state index is 0.582. The molecule has 0 saturated carbocycles.